The number of thiocarbonyl (C=S) groups is 1. The van der Waals surface area contributed by atoms with E-state index in [-0.39, 0.29) is 16.8 Å². The highest BCUT2D eigenvalue weighted by molar-refractivity contribution is 7.80. The van der Waals surface area contributed by atoms with Gasteiger partial charge in [0, 0.05) is 26.7 Å². The molecule has 0 atom stereocenters. The quantitative estimate of drug-likeness (QED) is 0.335. The number of anilines is 1. The molecule has 0 fully saturated rings. The summed E-state index contributed by atoms with van der Waals surface area (Å²) in [4.78, 5) is 12.7. The molecule has 8 heteroatoms. The van der Waals surface area contributed by atoms with Crippen LogP contribution in [-0.4, -0.2) is 11.0 Å². The second-order valence-electron chi connectivity index (χ2n) is 5.19. The van der Waals surface area contributed by atoms with E-state index in [1.807, 2.05) is 24.3 Å². The molecule has 3 rings (SSSR count). The van der Waals surface area contributed by atoms with Crippen LogP contribution in [0.4, 0.5) is 10.1 Å². The van der Waals surface area contributed by atoms with E-state index in [0.717, 1.165) is 15.0 Å². The zero-order valence-electron chi connectivity index (χ0n) is 13.3. The molecule has 0 aliphatic heterocycles. The number of nitrogens with one attached hydrogen (secondary N) is 3. The molecule has 3 aromatic rings. The van der Waals surface area contributed by atoms with Gasteiger partial charge >= 0.3 is 0 Å². The number of carbonyl (C=O) groups excluding carboxylic acids is 1. The van der Waals surface area contributed by atoms with Gasteiger partial charge in [0.2, 0.25) is 0 Å². The number of thiophene rings is 1. The van der Waals surface area contributed by atoms with Crippen molar-refractivity contribution >= 4 is 68.0 Å². The maximum atomic E-state index is 12.8. The van der Waals surface area contributed by atoms with Gasteiger partial charge in [0.25, 0.3) is 5.91 Å². The van der Waals surface area contributed by atoms with Crippen LogP contribution in [0.3, 0.4) is 0 Å². The molecule has 26 heavy (non-hydrogen) atoms. The summed E-state index contributed by atoms with van der Waals surface area (Å²) >= 11 is 12.9. The average molecular weight is 406 g/mol. The zero-order valence-corrected chi connectivity index (χ0v) is 15.6. The van der Waals surface area contributed by atoms with Crippen LogP contribution in [0.15, 0.2) is 54.6 Å². The van der Waals surface area contributed by atoms with Crippen molar-refractivity contribution < 1.29 is 9.18 Å². The van der Waals surface area contributed by atoms with Crippen molar-refractivity contribution in [1.29, 1.82) is 0 Å². The van der Waals surface area contributed by atoms with Crippen LogP contribution in [-0.2, 0) is 4.79 Å². The first kappa shape index (κ1) is 18.3. The topological polar surface area (TPSA) is 53.2 Å². The summed E-state index contributed by atoms with van der Waals surface area (Å²) in [6.07, 6.45) is 3.02. The molecule has 0 unspecified atom stereocenters. The number of rotatable bonds is 3. The first-order valence-corrected chi connectivity index (χ1v) is 9.11. The van der Waals surface area contributed by atoms with E-state index in [0.29, 0.717) is 10.7 Å². The lowest BCUT2D eigenvalue weighted by Gasteiger charge is -2.10. The Labute approximate surface area is 163 Å². The van der Waals surface area contributed by atoms with Gasteiger partial charge in [0.1, 0.15) is 5.82 Å². The highest BCUT2D eigenvalue weighted by Gasteiger charge is 2.07. The molecular weight excluding hydrogens is 393 g/mol. The number of fused-ring (bicyclic) bond motifs is 1. The summed E-state index contributed by atoms with van der Waals surface area (Å²) in [5, 5.41) is 4.58. The van der Waals surface area contributed by atoms with Crippen molar-refractivity contribution in [2.24, 2.45) is 0 Å². The predicted molar refractivity (Wildman–Crippen MR) is 110 cm³/mol. The molecule has 1 heterocycles. The summed E-state index contributed by atoms with van der Waals surface area (Å²) < 4.78 is 13.9. The van der Waals surface area contributed by atoms with Crippen LogP contribution in [0, 0.1) is 5.82 Å². The third-order valence-electron chi connectivity index (χ3n) is 3.35. The second-order valence-corrected chi connectivity index (χ2v) is 7.06. The number of hydrogen-bond acceptors (Lipinski definition) is 3. The minimum atomic E-state index is -0.387. The molecule has 1 amide bonds. The third-order valence-corrected chi connectivity index (χ3v) is 5.21. The summed E-state index contributed by atoms with van der Waals surface area (Å²) in [6.45, 7) is 0. The molecule has 1 aromatic heterocycles. The van der Waals surface area contributed by atoms with Crippen LogP contribution in [0.2, 0.25) is 5.02 Å². The first-order chi connectivity index (χ1) is 12.5. The Morgan fingerprint density at radius 3 is 2.58 bits per heavy atom. The number of hydrogen-bond donors (Lipinski definition) is 3. The van der Waals surface area contributed by atoms with Gasteiger partial charge < -0.3 is 5.32 Å². The fraction of sp³-hybridized carbons (Fsp3) is 0. The lowest BCUT2D eigenvalue weighted by atomic mass is 10.2. The Morgan fingerprint density at radius 2 is 1.85 bits per heavy atom. The Kier molecular flexibility index (Phi) is 5.82. The normalized spacial score (nSPS) is 10.8. The highest BCUT2D eigenvalue weighted by atomic mass is 35.5. The number of benzene rings is 2. The largest absolute Gasteiger partial charge is 0.331 e. The first-order valence-electron chi connectivity index (χ1n) is 7.50. The van der Waals surface area contributed by atoms with Gasteiger partial charge in [-0.1, -0.05) is 29.8 Å². The molecule has 2 aromatic carbocycles. The van der Waals surface area contributed by atoms with Crippen molar-refractivity contribution in [3.05, 3.63) is 70.3 Å². The fourth-order valence-corrected chi connectivity index (χ4v) is 3.71. The van der Waals surface area contributed by atoms with Gasteiger partial charge in [0.15, 0.2) is 5.11 Å². The van der Waals surface area contributed by atoms with E-state index in [2.05, 4.69) is 16.2 Å². The van der Waals surface area contributed by atoms with Gasteiger partial charge in [-0.15, -0.1) is 11.3 Å². The molecule has 0 saturated carbocycles. The summed E-state index contributed by atoms with van der Waals surface area (Å²) in [7, 11) is 0. The molecule has 0 aliphatic carbocycles. The van der Waals surface area contributed by atoms with Crippen LogP contribution in [0.5, 0.6) is 0 Å². The molecule has 0 aliphatic rings. The predicted octanol–water partition coefficient (Wildman–Crippen LogP) is 4.72. The summed E-state index contributed by atoms with van der Waals surface area (Å²) in [5.41, 5.74) is 5.62. The smallest absolute Gasteiger partial charge is 0.262 e. The second kappa shape index (κ2) is 8.27. The Morgan fingerprint density at radius 1 is 1.12 bits per heavy atom. The van der Waals surface area contributed by atoms with E-state index in [9.17, 15) is 9.18 Å². The van der Waals surface area contributed by atoms with Gasteiger partial charge in [-0.05, 0) is 48.6 Å². The van der Waals surface area contributed by atoms with Crippen molar-refractivity contribution in [3.63, 3.8) is 0 Å². The van der Waals surface area contributed by atoms with E-state index in [4.69, 9.17) is 23.8 Å². The Bertz CT molecular complexity index is 986. The number of halogens is 2. The molecule has 4 nitrogen and oxygen atoms in total. The lowest BCUT2D eigenvalue weighted by Crippen LogP contribution is -2.43. The van der Waals surface area contributed by atoms with Crippen LogP contribution >= 0.6 is 35.2 Å². The molecule has 0 bridgehead atoms. The maximum absolute atomic E-state index is 12.8. The van der Waals surface area contributed by atoms with Crippen molar-refractivity contribution in [2.45, 2.75) is 0 Å². The third kappa shape index (κ3) is 4.57. The summed E-state index contributed by atoms with van der Waals surface area (Å²) in [5.74, 6) is -0.727. The number of hydrazine groups is 1. The number of amides is 1. The Hall–Kier alpha value is -2.48. The zero-order chi connectivity index (χ0) is 18.5. The monoisotopic (exact) mass is 405 g/mol. The van der Waals surface area contributed by atoms with Crippen LogP contribution in [0.25, 0.3) is 16.2 Å². The van der Waals surface area contributed by atoms with Crippen molar-refractivity contribution in [2.75, 3.05) is 5.32 Å². The SMILES string of the molecule is O=C(/C=C/c1sc2ccccc2c1Cl)NNC(=S)Nc1ccc(F)cc1. The van der Waals surface area contributed by atoms with E-state index in [1.165, 1.54) is 41.7 Å². The van der Waals surface area contributed by atoms with E-state index < -0.39 is 0 Å². The van der Waals surface area contributed by atoms with Crippen LogP contribution < -0.4 is 16.2 Å². The van der Waals surface area contributed by atoms with Gasteiger partial charge in [0.05, 0.1) is 5.02 Å². The van der Waals surface area contributed by atoms with E-state index in [1.54, 1.807) is 6.08 Å². The Balaban J connectivity index is 1.54. The standard InChI is InChI=1S/C18H13ClFN3OS2/c19-17-13-3-1-2-4-14(13)26-15(17)9-10-16(24)22-23-18(25)21-12-7-5-11(20)6-8-12/h1-10H,(H,22,24)(H2,21,23,25)/b10-9+. The summed E-state index contributed by atoms with van der Waals surface area (Å²) in [6, 6.07) is 13.5. The van der Waals surface area contributed by atoms with Crippen molar-refractivity contribution in [3.8, 4) is 0 Å². The maximum Gasteiger partial charge on any atom is 0.262 e. The fourth-order valence-electron chi connectivity index (χ4n) is 2.15. The van der Waals surface area contributed by atoms with Gasteiger partial charge in [-0.25, -0.2) is 4.39 Å². The molecule has 132 valence electrons. The minimum Gasteiger partial charge on any atom is -0.331 e. The van der Waals surface area contributed by atoms with E-state index >= 15 is 0 Å². The van der Waals surface area contributed by atoms with Crippen LogP contribution in [0.1, 0.15) is 4.88 Å². The minimum absolute atomic E-state index is 0.179. The molecule has 0 radical (unpaired) electrons. The average Bonchev–Trinajstić information content (AvgIpc) is 2.96. The molecule has 0 saturated heterocycles. The molecular formula is C18H13ClFN3OS2. The number of carbonyl (C=O) groups is 1. The van der Waals surface area contributed by atoms with Gasteiger partial charge in [-0.2, -0.15) is 0 Å². The molecule has 0 spiro atoms. The van der Waals surface area contributed by atoms with Crippen molar-refractivity contribution in [1.82, 2.24) is 10.9 Å². The lowest BCUT2D eigenvalue weighted by molar-refractivity contribution is -0.116. The molecule has 3 N–H and O–H groups in total. The highest BCUT2D eigenvalue weighted by Crippen LogP contribution is 2.35. The van der Waals surface area contributed by atoms with Gasteiger partial charge in [-0.3, -0.25) is 15.6 Å².